The average molecular weight is 250 g/mol. The summed E-state index contributed by atoms with van der Waals surface area (Å²) >= 11 is 0. The quantitative estimate of drug-likeness (QED) is 0.814. The minimum atomic E-state index is 0.380. The number of ether oxygens (including phenoxy) is 1. The van der Waals surface area contributed by atoms with E-state index in [0.717, 1.165) is 12.2 Å². The minimum absolute atomic E-state index is 0.380. The Morgan fingerprint density at radius 3 is 2.28 bits per heavy atom. The molecule has 0 heterocycles. The highest BCUT2D eigenvalue weighted by atomic mass is 16.5. The lowest BCUT2D eigenvalue weighted by Crippen LogP contribution is -2.24. The van der Waals surface area contributed by atoms with Crippen LogP contribution >= 0.6 is 0 Å². The van der Waals surface area contributed by atoms with E-state index in [1.807, 2.05) is 0 Å². The second-order valence-electron chi connectivity index (χ2n) is 5.18. The van der Waals surface area contributed by atoms with E-state index in [0.29, 0.717) is 24.9 Å². The van der Waals surface area contributed by atoms with Crippen molar-refractivity contribution in [3.8, 4) is 5.75 Å². The van der Waals surface area contributed by atoms with E-state index in [1.54, 1.807) is 7.11 Å². The van der Waals surface area contributed by atoms with Gasteiger partial charge in [0, 0.05) is 0 Å². The molecule has 1 atom stereocenters. The average Bonchev–Trinajstić information content (AvgIpc) is 2.34. The van der Waals surface area contributed by atoms with Gasteiger partial charge in [0.15, 0.2) is 0 Å². The molecule has 0 saturated heterocycles. The van der Waals surface area contributed by atoms with Crippen LogP contribution in [-0.2, 0) is 0 Å². The lowest BCUT2D eigenvalue weighted by Gasteiger charge is -2.22. The molecule has 0 aliphatic rings. The zero-order chi connectivity index (χ0) is 13.7. The van der Waals surface area contributed by atoms with Crippen LogP contribution in [0.5, 0.6) is 5.75 Å². The van der Waals surface area contributed by atoms with Gasteiger partial charge in [-0.05, 0) is 56.3 Å². The summed E-state index contributed by atoms with van der Waals surface area (Å²) in [7, 11) is 1.73. The SMILES string of the molecule is COc1c(C)cc(C)cc1C(C)CC(CN)CN. The second kappa shape index (κ2) is 6.76. The van der Waals surface area contributed by atoms with Crippen molar-refractivity contribution < 1.29 is 4.74 Å². The summed E-state index contributed by atoms with van der Waals surface area (Å²) in [6, 6.07) is 4.36. The fraction of sp³-hybridized carbons (Fsp3) is 0.600. The first-order valence-corrected chi connectivity index (χ1v) is 6.58. The summed E-state index contributed by atoms with van der Waals surface area (Å²) in [5.41, 5.74) is 15.2. The van der Waals surface area contributed by atoms with Gasteiger partial charge in [0.2, 0.25) is 0 Å². The molecule has 4 N–H and O–H groups in total. The summed E-state index contributed by atoms with van der Waals surface area (Å²) in [5.74, 6) is 1.79. The zero-order valence-corrected chi connectivity index (χ0v) is 12.0. The molecule has 0 radical (unpaired) electrons. The highest BCUT2D eigenvalue weighted by molar-refractivity contribution is 5.45. The van der Waals surface area contributed by atoms with Gasteiger partial charge in [-0.2, -0.15) is 0 Å². The van der Waals surface area contributed by atoms with E-state index in [1.165, 1.54) is 16.7 Å². The van der Waals surface area contributed by atoms with Crippen molar-refractivity contribution in [3.05, 3.63) is 28.8 Å². The summed E-state index contributed by atoms with van der Waals surface area (Å²) < 4.78 is 5.54. The molecule has 0 spiro atoms. The molecule has 0 aromatic heterocycles. The fourth-order valence-corrected chi connectivity index (χ4v) is 2.55. The summed E-state index contributed by atoms with van der Waals surface area (Å²) in [6.45, 7) is 7.72. The summed E-state index contributed by atoms with van der Waals surface area (Å²) in [6.07, 6.45) is 1.01. The largest absolute Gasteiger partial charge is 0.496 e. The molecule has 102 valence electrons. The van der Waals surface area contributed by atoms with Crippen LogP contribution in [0.25, 0.3) is 0 Å². The van der Waals surface area contributed by atoms with Crippen molar-refractivity contribution in [2.45, 2.75) is 33.1 Å². The highest BCUT2D eigenvalue weighted by Gasteiger charge is 2.17. The minimum Gasteiger partial charge on any atom is -0.496 e. The number of benzene rings is 1. The van der Waals surface area contributed by atoms with Gasteiger partial charge >= 0.3 is 0 Å². The van der Waals surface area contributed by atoms with Crippen LogP contribution in [0.1, 0.15) is 36.0 Å². The van der Waals surface area contributed by atoms with Gasteiger partial charge in [-0.15, -0.1) is 0 Å². The molecule has 0 bridgehead atoms. The van der Waals surface area contributed by atoms with Crippen molar-refractivity contribution >= 4 is 0 Å². The van der Waals surface area contributed by atoms with Gasteiger partial charge in [0.05, 0.1) is 7.11 Å². The highest BCUT2D eigenvalue weighted by Crippen LogP contribution is 2.34. The van der Waals surface area contributed by atoms with Gasteiger partial charge in [0.1, 0.15) is 5.75 Å². The lowest BCUT2D eigenvalue weighted by molar-refractivity contribution is 0.394. The Labute approximate surface area is 111 Å². The van der Waals surface area contributed by atoms with E-state index in [2.05, 4.69) is 32.9 Å². The number of methoxy groups -OCH3 is 1. The third kappa shape index (κ3) is 3.47. The molecule has 1 aromatic carbocycles. The van der Waals surface area contributed by atoms with E-state index < -0.39 is 0 Å². The molecule has 18 heavy (non-hydrogen) atoms. The topological polar surface area (TPSA) is 61.3 Å². The van der Waals surface area contributed by atoms with Crippen molar-refractivity contribution in [3.63, 3.8) is 0 Å². The molecule has 3 heteroatoms. The first-order valence-electron chi connectivity index (χ1n) is 6.58. The molecule has 0 aliphatic carbocycles. The lowest BCUT2D eigenvalue weighted by atomic mass is 9.88. The molecule has 1 unspecified atom stereocenters. The predicted molar refractivity (Wildman–Crippen MR) is 77.1 cm³/mol. The molecule has 0 aliphatic heterocycles. The molecular formula is C15H26N2O. The van der Waals surface area contributed by atoms with Gasteiger partial charge < -0.3 is 16.2 Å². The number of nitrogens with two attached hydrogens (primary N) is 2. The van der Waals surface area contributed by atoms with E-state index in [9.17, 15) is 0 Å². The third-order valence-corrected chi connectivity index (χ3v) is 3.54. The summed E-state index contributed by atoms with van der Waals surface area (Å²) in [5, 5.41) is 0. The monoisotopic (exact) mass is 250 g/mol. The number of aryl methyl sites for hydroxylation is 2. The maximum absolute atomic E-state index is 5.73. The van der Waals surface area contributed by atoms with Crippen LogP contribution < -0.4 is 16.2 Å². The molecular weight excluding hydrogens is 224 g/mol. The Morgan fingerprint density at radius 2 is 1.78 bits per heavy atom. The van der Waals surface area contributed by atoms with Crippen molar-refractivity contribution in [1.29, 1.82) is 0 Å². The van der Waals surface area contributed by atoms with Crippen LogP contribution in [0.2, 0.25) is 0 Å². The van der Waals surface area contributed by atoms with E-state index in [4.69, 9.17) is 16.2 Å². The van der Waals surface area contributed by atoms with Gasteiger partial charge in [0.25, 0.3) is 0 Å². The molecule has 0 saturated carbocycles. The van der Waals surface area contributed by atoms with Crippen molar-refractivity contribution in [1.82, 2.24) is 0 Å². The first kappa shape index (κ1) is 15.0. The summed E-state index contributed by atoms with van der Waals surface area (Å²) in [4.78, 5) is 0. The van der Waals surface area contributed by atoms with Gasteiger partial charge in [-0.1, -0.05) is 24.6 Å². The number of rotatable bonds is 6. The maximum atomic E-state index is 5.73. The molecule has 3 nitrogen and oxygen atoms in total. The Kier molecular flexibility index (Phi) is 5.63. The second-order valence-corrected chi connectivity index (χ2v) is 5.18. The third-order valence-electron chi connectivity index (χ3n) is 3.54. The van der Waals surface area contributed by atoms with E-state index in [-0.39, 0.29) is 0 Å². The van der Waals surface area contributed by atoms with Gasteiger partial charge in [-0.25, -0.2) is 0 Å². The normalized spacial score (nSPS) is 12.8. The Morgan fingerprint density at radius 1 is 1.17 bits per heavy atom. The number of hydrogen-bond donors (Lipinski definition) is 2. The molecule has 1 aromatic rings. The Bertz CT molecular complexity index is 386. The van der Waals surface area contributed by atoms with Crippen molar-refractivity contribution in [2.75, 3.05) is 20.2 Å². The van der Waals surface area contributed by atoms with Crippen LogP contribution in [0.15, 0.2) is 12.1 Å². The van der Waals surface area contributed by atoms with Crippen LogP contribution in [0, 0.1) is 19.8 Å². The predicted octanol–water partition coefficient (Wildman–Crippen LogP) is 2.34. The first-order chi connectivity index (χ1) is 8.53. The molecule has 1 rings (SSSR count). The standard InChI is InChI=1S/C15H26N2O/c1-10-5-12(3)15(18-4)14(6-10)11(2)7-13(8-16)9-17/h5-6,11,13H,7-9,16-17H2,1-4H3. The van der Waals surface area contributed by atoms with Crippen LogP contribution in [-0.4, -0.2) is 20.2 Å². The number of hydrogen-bond acceptors (Lipinski definition) is 3. The molecule has 0 amide bonds. The van der Waals surface area contributed by atoms with Gasteiger partial charge in [-0.3, -0.25) is 0 Å². The van der Waals surface area contributed by atoms with Crippen LogP contribution in [0.4, 0.5) is 0 Å². The van der Waals surface area contributed by atoms with E-state index >= 15 is 0 Å². The molecule has 0 fully saturated rings. The van der Waals surface area contributed by atoms with Crippen LogP contribution in [0.3, 0.4) is 0 Å². The van der Waals surface area contributed by atoms with Crippen molar-refractivity contribution in [2.24, 2.45) is 17.4 Å². The zero-order valence-electron chi connectivity index (χ0n) is 12.0. The Hall–Kier alpha value is -1.06. The fourth-order valence-electron chi connectivity index (χ4n) is 2.55. The smallest absolute Gasteiger partial charge is 0.125 e. The maximum Gasteiger partial charge on any atom is 0.125 e. The Balaban J connectivity index is 3.00.